The van der Waals surface area contributed by atoms with E-state index in [0.717, 1.165) is 5.69 Å². The van der Waals surface area contributed by atoms with Crippen LogP contribution in [0.15, 0.2) is 72.8 Å². The number of likely N-dealkylation sites (N-methyl/N-ethyl adjacent to an activating group) is 1. The number of phenolic OH excluding ortho intramolecular Hbond substituents is 1. The normalized spacial score (nSPS) is 19.1. The van der Waals surface area contributed by atoms with Crippen LogP contribution < -0.4 is 9.64 Å². The van der Waals surface area contributed by atoms with E-state index in [1.165, 1.54) is 25.3 Å². The van der Waals surface area contributed by atoms with Gasteiger partial charge in [-0.05, 0) is 54.8 Å². The number of hydrogen-bond acceptors (Lipinski definition) is 4. The highest BCUT2D eigenvalue weighted by Gasteiger charge is 2.46. The first kappa shape index (κ1) is 22.6. The molecule has 1 heterocycles. The van der Waals surface area contributed by atoms with E-state index in [0.29, 0.717) is 29.7 Å². The van der Waals surface area contributed by atoms with Gasteiger partial charge in [-0.25, -0.2) is 9.18 Å². The van der Waals surface area contributed by atoms with E-state index in [1.54, 1.807) is 41.1 Å². The lowest BCUT2D eigenvalue weighted by molar-refractivity contribution is 0.148. The van der Waals surface area contributed by atoms with Crippen LogP contribution in [-0.2, 0) is 0 Å². The quantitative estimate of drug-likeness (QED) is 0.529. The number of anilines is 1. The summed E-state index contributed by atoms with van der Waals surface area (Å²) in [4.78, 5) is 16.7. The average Bonchev–Trinajstić information content (AvgIpc) is 3.08. The topological polar surface area (TPSA) is 73.2 Å². The number of amides is 2. The third kappa shape index (κ3) is 4.50. The van der Waals surface area contributed by atoms with Crippen molar-refractivity contribution in [1.82, 2.24) is 4.90 Å². The molecule has 0 saturated carbocycles. The largest absolute Gasteiger partial charge is 0.507 e. The van der Waals surface area contributed by atoms with E-state index in [4.69, 9.17) is 4.74 Å². The van der Waals surface area contributed by atoms with Crippen LogP contribution in [0.1, 0.15) is 36.1 Å². The van der Waals surface area contributed by atoms with Gasteiger partial charge in [0.25, 0.3) is 0 Å². The van der Waals surface area contributed by atoms with Gasteiger partial charge in [-0.1, -0.05) is 30.3 Å². The number of aromatic hydroxyl groups is 1. The van der Waals surface area contributed by atoms with Gasteiger partial charge < -0.3 is 19.8 Å². The number of nitrogens with zero attached hydrogens (tertiary/aromatic N) is 2. The van der Waals surface area contributed by atoms with E-state index in [1.807, 2.05) is 30.3 Å². The number of halogens is 1. The summed E-state index contributed by atoms with van der Waals surface area (Å²) in [6.45, 7) is 0. The summed E-state index contributed by atoms with van der Waals surface area (Å²) in [5.74, 6) is 0.191. The van der Waals surface area contributed by atoms with Crippen molar-refractivity contribution in [3.05, 3.63) is 89.7 Å². The van der Waals surface area contributed by atoms with Gasteiger partial charge >= 0.3 is 6.03 Å². The van der Waals surface area contributed by atoms with Gasteiger partial charge in [0.05, 0.1) is 25.3 Å². The van der Waals surface area contributed by atoms with E-state index in [9.17, 15) is 19.4 Å². The first-order valence-electron chi connectivity index (χ1n) is 10.8. The Morgan fingerprint density at radius 1 is 1.06 bits per heavy atom. The third-order valence-corrected chi connectivity index (χ3v) is 6.23. The number of benzene rings is 3. The van der Waals surface area contributed by atoms with Crippen molar-refractivity contribution in [2.24, 2.45) is 0 Å². The van der Waals surface area contributed by atoms with Gasteiger partial charge in [-0.15, -0.1) is 0 Å². The summed E-state index contributed by atoms with van der Waals surface area (Å²) >= 11 is 0. The number of hydrogen-bond donors (Lipinski definition) is 2. The molecule has 3 aromatic carbocycles. The van der Waals surface area contributed by atoms with Gasteiger partial charge in [0.1, 0.15) is 17.3 Å². The first-order chi connectivity index (χ1) is 15.9. The van der Waals surface area contributed by atoms with Crippen molar-refractivity contribution >= 4 is 11.7 Å². The van der Waals surface area contributed by atoms with Gasteiger partial charge in [-0.2, -0.15) is 0 Å². The molecule has 3 atom stereocenters. The Labute approximate surface area is 192 Å². The van der Waals surface area contributed by atoms with E-state index < -0.39 is 12.1 Å². The van der Waals surface area contributed by atoms with Crippen LogP contribution in [0, 0.1) is 5.82 Å². The fraction of sp³-hybridized carbons (Fsp3) is 0.269. The van der Waals surface area contributed by atoms with Crippen molar-refractivity contribution in [3.63, 3.8) is 0 Å². The maximum absolute atomic E-state index is 13.3. The molecule has 2 N–H and O–H groups in total. The molecule has 1 saturated heterocycles. The zero-order valence-electron chi connectivity index (χ0n) is 18.6. The van der Waals surface area contributed by atoms with Gasteiger partial charge in [-0.3, -0.25) is 4.90 Å². The lowest BCUT2D eigenvalue weighted by atomic mass is 9.92. The Morgan fingerprint density at radius 2 is 1.76 bits per heavy atom. The second-order valence-corrected chi connectivity index (χ2v) is 8.18. The van der Waals surface area contributed by atoms with Crippen LogP contribution in [0.5, 0.6) is 11.5 Å². The molecule has 7 heteroatoms. The molecule has 1 aliphatic heterocycles. The predicted molar refractivity (Wildman–Crippen MR) is 124 cm³/mol. The fourth-order valence-corrected chi connectivity index (χ4v) is 4.45. The molecule has 4 rings (SSSR count). The maximum Gasteiger partial charge on any atom is 0.325 e. The van der Waals surface area contributed by atoms with Crippen molar-refractivity contribution in [2.45, 2.75) is 31.0 Å². The summed E-state index contributed by atoms with van der Waals surface area (Å²) in [5, 5.41) is 21.5. The Morgan fingerprint density at radius 3 is 2.39 bits per heavy atom. The molecular weight excluding hydrogens is 423 g/mol. The molecule has 0 spiro atoms. The van der Waals surface area contributed by atoms with Crippen molar-refractivity contribution in [2.75, 3.05) is 19.1 Å². The third-order valence-electron chi connectivity index (χ3n) is 6.23. The fourth-order valence-electron chi connectivity index (χ4n) is 4.45. The molecule has 0 unspecified atom stereocenters. The van der Waals surface area contributed by atoms with Crippen LogP contribution in [0.4, 0.5) is 14.9 Å². The second-order valence-electron chi connectivity index (χ2n) is 8.18. The van der Waals surface area contributed by atoms with Gasteiger partial charge in [0.15, 0.2) is 0 Å². The van der Waals surface area contributed by atoms with Gasteiger partial charge in [0.2, 0.25) is 0 Å². The highest BCUT2D eigenvalue weighted by molar-refractivity contribution is 5.95. The molecule has 33 heavy (non-hydrogen) atoms. The number of ether oxygens (including phenoxy) is 1. The minimum atomic E-state index is -0.801. The Bertz CT molecular complexity index is 1110. The predicted octanol–water partition coefficient (Wildman–Crippen LogP) is 5.04. The van der Waals surface area contributed by atoms with Crippen molar-refractivity contribution in [3.8, 4) is 11.5 Å². The highest BCUT2D eigenvalue weighted by atomic mass is 19.1. The van der Waals surface area contributed by atoms with Crippen molar-refractivity contribution in [1.29, 1.82) is 0 Å². The number of carbonyl (C=O) groups is 1. The number of urea groups is 1. The summed E-state index contributed by atoms with van der Waals surface area (Å²) < 4.78 is 18.5. The number of carbonyl (C=O) groups excluding carboxylic acids is 1. The molecule has 0 bridgehead atoms. The first-order valence-corrected chi connectivity index (χ1v) is 10.8. The number of para-hydroxylation sites is 1. The molecule has 0 radical (unpaired) electrons. The van der Waals surface area contributed by atoms with Gasteiger partial charge in [0, 0.05) is 24.4 Å². The highest BCUT2D eigenvalue weighted by Crippen LogP contribution is 2.44. The Balaban J connectivity index is 1.67. The number of rotatable bonds is 7. The molecule has 0 aliphatic carbocycles. The van der Waals surface area contributed by atoms with E-state index in [-0.39, 0.29) is 23.6 Å². The molecule has 0 aromatic heterocycles. The van der Waals surface area contributed by atoms with Crippen LogP contribution in [0.25, 0.3) is 0 Å². The monoisotopic (exact) mass is 450 g/mol. The maximum atomic E-state index is 13.3. The minimum absolute atomic E-state index is 0.0347. The summed E-state index contributed by atoms with van der Waals surface area (Å²) in [6, 6.07) is 19.2. The molecule has 6 nitrogen and oxygen atoms in total. The van der Waals surface area contributed by atoms with E-state index >= 15 is 0 Å². The zero-order valence-corrected chi connectivity index (χ0v) is 18.6. The van der Waals surface area contributed by atoms with Crippen LogP contribution in [0.3, 0.4) is 0 Å². The molecular formula is C26H27FN2O4. The lowest BCUT2D eigenvalue weighted by Crippen LogP contribution is -2.31. The molecule has 1 aliphatic rings. The molecule has 172 valence electrons. The second kappa shape index (κ2) is 9.50. The summed E-state index contributed by atoms with van der Waals surface area (Å²) in [5.41, 5.74) is 1.93. The van der Waals surface area contributed by atoms with E-state index in [2.05, 4.69) is 0 Å². The molecule has 3 aromatic rings. The van der Waals surface area contributed by atoms with Crippen LogP contribution in [-0.4, -0.2) is 41.3 Å². The SMILES string of the molecule is COc1ccc([C@@H]2[C@H](CC[C@H](O)c3ccc(F)cc3)N(C)C(=O)N2c2ccccc2)c(O)c1. The summed E-state index contributed by atoms with van der Waals surface area (Å²) in [7, 11) is 3.25. The zero-order chi connectivity index (χ0) is 23.5. The summed E-state index contributed by atoms with van der Waals surface area (Å²) in [6.07, 6.45) is 0.0366. The lowest BCUT2D eigenvalue weighted by Gasteiger charge is -2.29. The molecule has 2 amide bonds. The average molecular weight is 451 g/mol. The Hall–Kier alpha value is -3.58. The number of aliphatic hydroxyl groups excluding tert-OH is 1. The standard InChI is InChI=1S/C26H27FN2O4/c1-28-22(14-15-23(30)17-8-10-18(27)11-9-17)25(21-13-12-20(33-2)16-24(21)31)29(26(28)32)19-6-4-3-5-7-19/h3-13,16,22-23,25,30-31H,14-15H2,1-2H3/t22-,23-,25+/m0/s1. The molecule has 1 fully saturated rings. The Kier molecular flexibility index (Phi) is 6.51. The van der Waals surface area contributed by atoms with Crippen LogP contribution in [0.2, 0.25) is 0 Å². The van der Waals surface area contributed by atoms with Crippen LogP contribution >= 0.6 is 0 Å². The number of aliphatic hydroxyl groups is 1. The minimum Gasteiger partial charge on any atom is -0.507 e. The van der Waals surface area contributed by atoms with Crippen molar-refractivity contribution < 1.29 is 24.1 Å². The number of phenols is 1. The smallest absolute Gasteiger partial charge is 0.325 e. The number of methoxy groups -OCH3 is 1.